The molecule has 0 atom stereocenters. The van der Waals surface area contributed by atoms with Crippen LogP contribution in [0.1, 0.15) is 26.5 Å². The zero-order valence-electron chi connectivity index (χ0n) is 13.4. The molecule has 0 aliphatic carbocycles. The van der Waals surface area contributed by atoms with Gasteiger partial charge in [0, 0.05) is 30.6 Å². The molecule has 0 aliphatic heterocycles. The Morgan fingerprint density at radius 1 is 1.32 bits per heavy atom. The highest BCUT2D eigenvalue weighted by molar-refractivity contribution is 7.15. The third-order valence-corrected chi connectivity index (χ3v) is 5.34. The molecule has 2 heterocycles. The van der Waals surface area contributed by atoms with E-state index in [4.69, 9.17) is 0 Å². The molecular formula is C16H14F2N4OS2. The summed E-state index contributed by atoms with van der Waals surface area (Å²) in [6.07, 6.45) is 1.85. The van der Waals surface area contributed by atoms with Crippen LogP contribution in [-0.2, 0) is 6.42 Å². The van der Waals surface area contributed by atoms with Gasteiger partial charge < -0.3 is 5.32 Å². The van der Waals surface area contributed by atoms with E-state index in [1.807, 2.05) is 0 Å². The molecule has 3 aromatic rings. The second kappa shape index (κ2) is 7.24. The number of hydrogen-bond acceptors (Lipinski definition) is 6. The quantitative estimate of drug-likeness (QED) is 0.700. The van der Waals surface area contributed by atoms with E-state index in [1.165, 1.54) is 35.0 Å². The van der Waals surface area contributed by atoms with E-state index in [0.29, 0.717) is 27.0 Å². The maximum atomic E-state index is 13.7. The number of hydrogen-bond donors (Lipinski definition) is 2. The first-order chi connectivity index (χ1) is 12.0. The molecule has 0 unspecified atom stereocenters. The number of amides is 1. The second-order valence-corrected chi connectivity index (χ2v) is 7.11. The van der Waals surface area contributed by atoms with Crippen LogP contribution in [-0.4, -0.2) is 22.3 Å². The van der Waals surface area contributed by atoms with E-state index in [1.54, 1.807) is 20.2 Å². The Bertz CT molecular complexity index is 923. The third kappa shape index (κ3) is 3.83. The fourth-order valence-electron chi connectivity index (χ4n) is 2.27. The molecule has 0 spiro atoms. The van der Waals surface area contributed by atoms with Crippen LogP contribution in [0.15, 0.2) is 24.4 Å². The minimum absolute atomic E-state index is 0.278. The molecule has 1 amide bonds. The molecule has 0 saturated heterocycles. The largest absolute Gasteiger partial charge is 0.378 e. The molecule has 1 aromatic carbocycles. The maximum Gasteiger partial charge on any atom is 0.262 e. The Hall–Kier alpha value is -2.39. The first-order valence-electron chi connectivity index (χ1n) is 7.32. The van der Waals surface area contributed by atoms with Crippen molar-refractivity contribution in [2.45, 2.75) is 13.3 Å². The number of halogens is 2. The summed E-state index contributed by atoms with van der Waals surface area (Å²) >= 11 is 2.46. The summed E-state index contributed by atoms with van der Waals surface area (Å²) < 4.78 is 30.8. The summed E-state index contributed by atoms with van der Waals surface area (Å²) in [6, 6.07) is 3.47. The van der Waals surface area contributed by atoms with E-state index < -0.39 is 11.6 Å². The van der Waals surface area contributed by atoms with Crippen molar-refractivity contribution in [2.75, 3.05) is 17.7 Å². The lowest BCUT2D eigenvalue weighted by Crippen LogP contribution is -2.13. The number of aryl methyl sites for hydroxylation is 1. The van der Waals surface area contributed by atoms with Crippen LogP contribution >= 0.6 is 22.9 Å². The summed E-state index contributed by atoms with van der Waals surface area (Å²) in [6.45, 7) is 1.76. The lowest BCUT2D eigenvalue weighted by Gasteiger charge is -2.03. The molecule has 5 nitrogen and oxygen atoms in total. The lowest BCUT2D eigenvalue weighted by atomic mass is 10.1. The van der Waals surface area contributed by atoms with Crippen LogP contribution in [0.2, 0.25) is 0 Å². The zero-order chi connectivity index (χ0) is 18.0. The van der Waals surface area contributed by atoms with Gasteiger partial charge in [-0.1, -0.05) is 6.07 Å². The Morgan fingerprint density at radius 2 is 2.12 bits per heavy atom. The van der Waals surface area contributed by atoms with Crippen molar-refractivity contribution in [3.05, 3.63) is 57.7 Å². The molecule has 0 saturated carbocycles. The van der Waals surface area contributed by atoms with Gasteiger partial charge in [-0.05, 0) is 30.1 Å². The predicted molar refractivity (Wildman–Crippen MR) is 95.6 cm³/mol. The predicted octanol–water partition coefficient (Wildman–Crippen LogP) is 4.07. The molecule has 0 aliphatic rings. The van der Waals surface area contributed by atoms with Crippen LogP contribution < -0.4 is 10.6 Å². The molecule has 25 heavy (non-hydrogen) atoms. The van der Waals surface area contributed by atoms with Crippen molar-refractivity contribution in [3.8, 4) is 0 Å². The molecule has 3 rings (SSSR count). The summed E-state index contributed by atoms with van der Waals surface area (Å²) in [5.41, 5.74) is 1.49. The number of carbonyl (C=O) groups excluding carboxylic acids is 1. The van der Waals surface area contributed by atoms with Crippen LogP contribution in [0.4, 0.5) is 18.9 Å². The molecule has 2 N–H and O–H groups in total. The smallest absolute Gasteiger partial charge is 0.262 e. The highest BCUT2D eigenvalue weighted by Gasteiger charge is 2.19. The number of nitrogens with one attached hydrogen (secondary N) is 2. The maximum absolute atomic E-state index is 13.7. The van der Waals surface area contributed by atoms with Crippen molar-refractivity contribution < 1.29 is 13.6 Å². The molecule has 130 valence electrons. The first-order valence-corrected chi connectivity index (χ1v) is 8.91. The number of nitrogens with zero attached hydrogens (tertiary/aromatic N) is 2. The number of benzene rings is 1. The van der Waals surface area contributed by atoms with Crippen LogP contribution in [0.5, 0.6) is 0 Å². The van der Waals surface area contributed by atoms with Gasteiger partial charge in [-0.25, -0.2) is 13.8 Å². The molecule has 0 radical (unpaired) electrons. The van der Waals surface area contributed by atoms with Gasteiger partial charge in [0.05, 0.1) is 11.3 Å². The van der Waals surface area contributed by atoms with Gasteiger partial charge in [0.2, 0.25) is 0 Å². The summed E-state index contributed by atoms with van der Waals surface area (Å²) in [4.78, 5) is 17.3. The van der Waals surface area contributed by atoms with Crippen LogP contribution in [0, 0.1) is 18.6 Å². The highest BCUT2D eigenvalue weighted by Crippen LogP contribution is 2.27. The molecule has 2 aromatic heterocycles. The van der Waals surface area contributed by atoms with Gasteiger partial charge in [0.15, 0.2) is 5.13 Å². The third-order valence-electron chi connectivity index (χ3n) is 3.47. The van der Waals surface area contributed by atoms with Crippen molar-refractivity contribution in [2.24, 2.45) is 0 Å². The van der Waals surface area contributed by atoms with Gasteiger partial charge in [0.25, 0.3) is 5.91 Å². The van der Waals surface area contributed by atoms with E-state index >= 15 is 0 Å². The molecule has 0 fully saturated rings. The van der Waals surface area contributed by atoms with Gasteiger partial charge in [0.1, 0.15) is 16.6 Å². The van der Waals surface area contributed by atoms with Crippen LogP contribution in [0.25, 0.3) is 0 Å². The van der Waals surface area contributed by atoms with Gasteiger partial charge >= 0.3 is 0 Å². The van der Waals surface area contributed by atoms with Crippen molar-refractivity contribution in [1.29, 1.82) is 0 Å². The van der Waals surface area contributed by atoms with Crippen LogP contribution in [0.3, 0.4) is 0 Å². The Morgan fingerprint density at radius 3 is 2.84 bits per heavy atom. The van der Waals surface area contributed by atoms with Gasteiger partial charge in [-0.2, -0.15) is 4.37 Å². The fraction of sp³-hybridized carbons (Fsp3) is 0.188. The summed E-state index contributed by atoms with van der Waals surface area (Å²) in [5, 5.41) is 6.76. The Labute approximate surface area is 150 Å². The minimum atomic E-state index is -0.612. The lowest BCUT2D eigenvalue weighted by molar-refractivity contribution is 0.102. The average molecular weight is 380 g/mol. The summed E-state index contributed by atoms with van der Waals surface area (Å²) in [5.74, 6) is -1.51. The Kier molecular flexibility index (Phi) is 5.05. The number of aromatic nitrogens is 2. The zero-order valence-corrected chi connectivity index (χ0v) is 15.0. The fourth-order valence-corrected chi connectivity index (χ4v) is 3.84. The standard InChI is InChI=1S/C16H14F2N4OS2/c1-8-13(15(19-2)25-22-8)14(23)21-16-20-7-11(24-16)5-9-3-4-10(17)6-12(9)18/h3-4,6-7,19H,5H2,1-2H3,(H,20,21,23). The molecule has 9 heteroatoms. The van der Waals surface area contributed by atoms with E-state index in [2.05, 4.69) is 20.0 Å². The highest BCUT2D eigenvalue weighted by atomic mass is 32.1. The van der Waals surface area contributed by atoms with Crippen molar-refractivity contribution in [3.63, 3.8) is 0 Å². The normalized spacial score (nSPS) is 10.7. The second-order valence-electron chi connectivity index (χ2n) is 5.22. The number of carbonyl (C=O) groups is 1. The van der Waals surface area contributed by atoms with E-state index in [0.717, 1.165) is 10.9 Å². The topological polar surface area (TPSA) is 66.9 Å². The first kappa shape index (κ1) is 17.4. The average Bonchev–Trinajstić information content (AvgIpc) is 3.16. The van der Waals surface area contributed by atoms with Crippen molar-refractivity contribution >= 4 is 38.9 Å². The van der Waals surface area contributed by atoms with E-state index in [-0.39, 0.29) is 12.3 Å². The number of anilines is 2. The molecule has 0 bridgehead atoms. The number of thiazole rings is 1. The minimum Gasteiger partial charge on any atom is -0.378 e. The SMILES string of the molecule is CNc1snc(C)c1C(=O)Nc1ncc(Cc2ccc(F)cc2F)s1. The Balaban J connectivity index is 1.73. The van der Waals surface area contributed by atoms with Gasteiger partial charge in [-0.15, -0.1) is 11.3 Å². The van der Waals surface area contributed by atoms with Gasteiger partial charge in [-0.3, -0.25) is 10.1 Å². The van der Waals surface area contributed by atoms with E-state index in [9.17, 15) is 13.6 Å². The summed E-state index contributed by atoms with van der Waals surface area (Å²) in [7, 11) is 1.72. The monoisotopic (exact) mass is 380 g/mol. The molecular weight excluding hydrogens is 366 g/mol. The number of rotatable bonds is 5. The van der Waals surface area contributed by atoms with Crippen molar-refractivity contribution in [1.82, 2.24) is 9.36 Å².